The number of hydrazone groups is 1. The summed E-state index contributed by atoms with van der Waals surface area (Å²) < 4.78 is 5.09. The fourth-order valence-corrected chi connectivity index (χ4v) is 3.30. The summed E-state index contributed by atoms with van der Waals surface area (Å²) in [7, 11) is 0. The highest BCUT2D eigenvalue weighted by Gasteiger charge is 2.34. The number of carbonyl (C=O) groups excluding carboxylic acids is 1. The van der Waals surface area contributed by atoms with Gasteiger partial charge in [0.15, 0.2) is 0 Å². The Morgan fingerprint density at radius 3 is 2.48 bits per heavy atom. The van der Waals surface area contributed by atoms with E-state index < -0.39 is 5.97 Å². The molecule has 0 bridgehead atoms. The molecule has 0 N–H and O–H groups in total. The van der Waals surface area contributed by atoms with Crippen LogP contribution in [0.4, 0.5) is 5.69 Å². The standard InChI is InChI=1S/C18H15Cl3N2O2/c1-2-25-18(24)15-10-17(11-3-5-12(19)6-4-11)23(22-15)16-8-7-13(20)9-14(16)21/h3-9,17H,2,10H2,1H3. The van der Waals surface area contributed by atoms with Gasteiger partial charge in [-0.25, -0.2) is 4.79 Å². The zero-order chi connectivity index (χ0) is 18.0. The average Bonchev–Trinajstić information content (AvgIpc) is 3.01. The monoisotopic (exact) mass is 396 g/mol. The van der Waals surface area contributed by atoms with E-state index in [1.54, 1.807) is 42.3 Å². The minimum Gasteiger partial charge on any atom is -0.461 e. The predicted octanol–water partition coefficient (Wildman–Crippen LogP) is 5.52. The summed E-state index contributed by atoms with van der Waals surface area (Å²) in [4.78, 5) is 12.1. The van der Waals surface area contributed by atoms with Crippen LogP contribution in [-0.2, 0) is 9.53 Å². The highest BCUT2D eigenvalue weighted by molar-refractivity contribution is 6.38. The molecule has 3 rings (SSSR count). The number of ether oxygens (including phenoxy) is 1. The highest BCUT2D eigenvalue weighted by Crippen LogP contribution is 2.39. The van der Waals surface area contributed by atoms with Crippen LogP contribution in [0.25, 0.3) is 0 Å². The van der Waals surface area contributed by atoms with Crippen LogP contribution in [-0.4, -0.2) is 18.3 Å². The molecule has 2 aromatic carbocycles. The number of anilines is 1. The minimum atomic E-state index is -0.422. The van der Waals surface area contributed by atoms with Gasteiger partial charge in [0.1, 0.15) is 5.71 Å². The Morgan fingerprint density at radius 1 is 1.16 bits per heavy atom. The Kier molecular flexibility index (Phi) is 5.52. The first-order valence-electron chi connectivity index (χ1n) is 7.74. The summed E-state index contributed by atoms with van der Waals surface area (Å²) in [6.45, 7) is 2.06. The normalized spacial score (nSPS) is 16.7. The molecule has 2 aromatic rings. The number of hydrogen-bond donors (Lipinski definition) is 0. The number of carbonyl (C=O) groups is 1. The molecule has 0 fully saturated rings. The maximum atomic E-state index is 12.1. The fraction of sp³-hybridized carbons (Fsp3) is 0.222. The molecule has 0 aliphatic carbocycles. The average molecular weight is 398 g/mol. The predicted molar refractivity (Wildman–Crippen MR) is 102 cm³/mol. The van der Waals surface area contributed by atoms with E-state index in [0.29, 0.717) is 39.5 Å². The van der Waals surface area contributed by atoms with Gasteiger partial charge in [0.2, 0.25) is 0 Å². The van der Waals surface area contributed by atoms with Crippen molar-refractivity contribution in [2.24, 2.45) is 5.10 Å². The third kappa shape index (κ3) is 3.92. The number of benzene rings is 2. The SMILES string of the molecule is CCOC(=O)C1=NN(c2ccc(Cl)cc2Cl)C(c2ccc(Cl)cc2)C1. The van der Waals surface area contributed by atoms with Crippen LogP contribution < -0.4 is 5.01 Å². The van der Waals surface area contributed by atoms with Crippen LogP contribution in [0.15, 0.2) is 47.6 Å². The van der Waals surface area contributed by atoms with E-state index in [1.165, 1.54) is 0 Å². The second kappa shape index (κ2) is 7.65. The molecule has 0 saturated heterocycles. The van der Waals surface area contributed by atoms with Gasteiger partial charge in [-0.05, 0) is 42.8 Å². The van der Waals surface area contributed by atoms with Crippen molar-refractivity contribution in [1.82, 2.24) is 0 Å². The molecule has 0 radical (unpaired) electrons. The lowest BCUT2D eigenvalue weighted by Crippen LogP contribution is -2.19. The Hall–Kier alpha value is -1.75. The topological polar surface area (TPSA) is 41.9 Å². The number of nitrogens with zero attached hydrogens (tertiary/aromatic N) is 2. The molecule has 0 saturated carbocycles. The first-order valence-corrected chi connectivity index (χ1v) is 8.87. The molecular weight excluding hydrogens is 383 g/mol. The number of hydrogen-bond acceptors (Lipinski definition) is 4. The van der Waals surface area contributed by atoms with Crippen LogP contribution in [0.3, 0.4) is 0 Å². The molecule has 7 heteroatoms. The van der Waals surface area contributed by atoms with Crippen LogP contribution in [0.1, 0.15) is 24.9 Å². The lowest BCUT2D eigenvalue weighted by molar-refractivity contribution is -0.135. The third-order valence-electron chi connectivity index (χ3n) is 3.83. The molecular formula is C18H15Cl3N2O2. The Morgan fingerprint density at radius 2 is 1.84 bits per heavy atom. The summed E-state index contributed by atoms with van der Waals surface area (Å²) in [5.41, 5.74) is 2.00. The van der Waals surface area contributed by atoms with Gasteiger partial charge in [-0.3, -0.25) is 5.01 Å². The van der Waals surface area contributed by atoms with Crippen LogP contribution in [0.2, 0.25) is 15.1 Å². The summed E-state index contributed by atoms with van der Waals surface area (Å²) in [6, 6.07) is 12.4. The first-order chi connectivity index (χ1) is 12.0. The largest absolute Gasteiger partial charge is 0.461 e. The number of halogens is 3. The van der Waals surface area contributed by atoms with Crippen LogP contribution >= 0.6 is 34.8 Å². The maximum Gasteiger partial charge on any atom is 0.354 e. The second-order valence-electron chi connectivity index (χ2n) is 5.48. The minimum absolute atomic E-state index is 0.185. The molecule has 1 atom stereocenters. The second-order valence-corrected chi connectivity index (χ2v) is 6.76. The molecule has 130 valence electrons. The lowest BCUT2D eigenvalue weighted by atomic mass is 10.0. The molecule has 0 spiro atoms. The van der Waals surface area contributed by atoms with Crippen molar-refractivity contribution in [2.75, 3.05) is 11.6 Å². The third-order valence-corrected chi connectivity index (χ3v) is 4.62. The summed E-state index contributed by atoms with van der Waals surface area (Å²) in [5.74, 6) is -0.422. The molecule has 1 heterocycles. The summed E-state index contributed by atoms with van der Waals surface area (Å²) in [5, 5.41) is 7.83. The molecule has 25 heavy (non-hydrogen) atoms. The lowest BCUT2D eigenvalue weighted by Gasteiger charge is -2.25. The van der Waals surface area contributed by atoms with Gasteiger partial charge in [0.05, 0.1) is 23.4 Å². The van der Waals surface area contributed by atoms with Gasteiger partial charge in [0.25, 0.3) is 0 Å². The molecule has 0 aromatic heterocycles. The Bertz CT molecular complexity index is 822. The van der Waals surface area contributed by atoms with E-state index in [2.05, 4.69) is 5.10 Å². The van der Waals surface area contributed by atoms with E-state index in [1.807, 2.05) is 12.1 Å². The van der Waals surface area contributed by atoms with Crippen molar-refractivity contribution in [3.05, 3.63) is 63.1 Å². The van der Waals surface area contributed by atoms with Gasteiger partial charge < -0.3 is 4.74 Å². The van der Waals surface area contributed by atoms with Gasteiger partial charge in [-0.2, -0.15) is 5.10 Å². The Balaban J connectivity index is 2.01. The number of esters is 1. The van der Waals surface area contributed by atoms with E-state index in [9.17, 15) is 4.79 Å². The van der Waals surface area contributed by atoms with Gasteiger partial charge in [-0.15, -0.1) is 0 Å². The summed E-state index contributed by atoms with van der Waals surface area (Å²) in [6.07, 6.45) is 0.416. The van der Waals surface area contributed by atoms with Crippen molar-refractivity contribution in [1.29, 1.82) is 0 Å². The smallest absolute Gasteiger partial charge is 0.354 e. The molecule has 0 amide bonds. The van der Waals surface area contributed by atoms with Crippen molar-refractivity contribution in [2.45, 2.75) is 19.4 Å². The highest BCUT2D eigenvalue weighted by atomic mass is 35.5. The summed E-state index contributed by atoms with van der Waals surface area (Å²) >= 11 is 18.3. The molecule has 1 aliphatic heterocycles. The first kappa shape index (κ1) is 18.1. The van der Waals surface area contributed by atoms with Crippen LogP contribution in [0.5, 0.6) is 0 Å². The van der Waals surface area contributed by atoms with Crippen LogP contribution in [0, 0.1) is 0 Å². The van der Waals surface area contributed by atoms with E-state index in [0.717, 1.165) is 5.56 Å². The van der Waals surface area contributed by atoms with Gasteiger partial charge in [-0.1, -0.05) is 46.9 Å². The molecule has 1 aliphatic rings. The quantitative estimate of drug-likeness (QED) is 0.638. The maximum absolute atomic E-state index is 12.1. The van der Waals surface area contributed by atoms with Crippen molar-refractivity contribution >= 4 is 52.2 Å². The van der Waals surface area contributed by atoms with Gasteiger partial charge >= 0.3 is 5.97 Å². The molecule has 1 unspecified atom stereocenters. The van der Waals surface area contributed by atoms with Gasteiger partial charge in [0, 0.05) is 16.5 Å². The fourth-order valence-electron chi connectivity index (χ4n) is 2.68. The van der Waals surface area contributed by atoms with Crippen molar-refractivity contribution < 1.29 is 9.53 Å². The van der Waals surface area contributed by atoms with E-state index >= 15 is 0 Å². The molecule has 4 nitrogen and oxygen atoms in total. The number of rotatable bonds is 4. The van der Waals surface area contributed by atoms with Crippen molar-refractivity contribution in [3.8, 4) is 0 Å². The zero-order valence-corrected chi connectivity index (χ0v) is 15.6. The van der Waals surface area contributed by atoms with E-state index in [-0.39, 0.29) is 6.04 Å². The van der Waals surface area contributed by atoms with E-state index in [4.69, 9.17) is 39.5 Å². The van der Waals surface area contributed by atoms with Crippen molar-refractivity contribution in [3.63, 3.8) is 0 Å². The zero-order valence-electron chi connectivity index (χ0n) is 13.4. The Labute approximate surface area is 160 Å².